The van der Waals surface area contributed by atoms with E-state index >= 15 is 0 Å². The number of aldehydes is 1. The number of halogens is 1. The zero-order valence-electron chi connectivity index (χ0n) is 5.47. The molecule has 0 unspecified atom stereocenters. The summed E-state index contributed by atoms with van der Waals surface area (Å²) in [6.45, 7) is 1.85. The lowest BCUT2D eigenvalue weighted by molar-refractivity contribution is 0.112. The van der Waals surface area contributed by atoms with Gasteiger partial charge in [0.25, 0.3) is 0 Å². The van der Waals surface area contributed by atoms with Gasteiger partial charge < -0.3 is 0 Å². The maximum absolute atomic E-state index is 10.3. The van der Waals surface area contributed by atoms with Crippen LogP contribution in [0.15, 0.2) is 16.9 Å². The van der Waals surface area contributed by atoms with Crippen LogP contribution in [0.2, 0.25) is 0 Å². The summed E-state index contributed by atoms with van der Waals surface area (Å²) < 4.78 is 0.733. The number of carbonyl (C=O) groups is 1. The minimum Gasteiger partial charge on any atom is -0.298 e. The number of nitrogens with zero attached hydrogens (tertiary/aromatic N) is 1. The summed E-state index contributed by atoms with van der Waals surface area (Å²) in [7, 11) is 0. The molecular formula is C7H6BrNO. The molecule has 0 saturated carbocycles. The molecule has 0 aliphatic heterocycles. The Kier molecular flexibility index (Phi) is 2.17. The Morgan fingerprint density at radius 1 is 1.70 bits per heavy atom. The van der Waals surface area contributed by atoms with Crippen LogP contribution >= 0.6 is 15.9 Å². The molecule has 3 heteroatoms. The first-order chi connectivity index (χ1) is 4.75. The summed E-state index contributed by atoms with van der Waals surface area (Å²) >= 11 is 3.22. The van der Waals surface area contributed by atoms with Gasteiger partial charge in [-0.15, -0.1) is 0 Å². The van der Waals surface area contributed by atoms with E-state index in [0.29, 0.717) is 5.56 Å². The summed E-state index contributed by atoms with van der Waals surface area (Å²) in [5.74, 6) is 0. The van der Waals surface area contributed by atoms with Gasteiger partial charge in [-0.2, -0.15) is 0 Å². The molecule has 1 heterocycles. The molecule has 2 nitrogen and oxygen atoms in total. The lowest BCUT2D eigenvalue weighted by atomic mass is 10.2. The molecule has 0 aliphatic rings. The van der Waals surface area contributed by atoms with Crippen molar-refractivity contribution in [2.75, 3.05) is 0 Å². The number of pyridine rings is 1. The molecule has 0 atom stereocenters. The average Bonchev–Trinajstić information content (AvgIpc) is 1.95. The van der Waals surface area contributed by atoms with Gasteiger partial charge in [-0.25, -0.2) is 4.98 Å². The van der Waals surface area contributed by atoms with Crippen molar-refractivity contribution < 1.29 is 4.79 Å². The Bertz CT molecular complexity index is 260. The zero-order valence-corrected chi connectivity index (χ0v) is 7.05. The van der Waals surface area contributed by atoms with E-state index in [1.54, 1.807) is 12.3 Å². The Balaban J connectivity index is 3.27. The monoisotopic (exact) mass is 199 g/mol. The quantitative estimate of drug-likeness (QED) is 0.512. The van der Waals surface area contributed by atoms with E-state index in [0.717, 1.165) is 16.5 Å². The smallest absolute Gasteiger partial charge is 0.150 e. The lowest BCUT2D eigenvalue weighted by Crippen LogP contribution is -1.88. The van der Waals surface area contributed by atoms with Crippen molar-refractivity contribution in [3.05, 3.63) is 28.0 Å². The molecule has 52 valence electrons. The maximum Gasteiger partial charge on any atom is 0.150 e. The van der Waals surface area contributed by atoms with Crippen molar-refractivity contribution in [3.63, 3.8) is 0 Å². The van der Waals surface area contributed by atoms with Crippen LogP contribution in [0.1, 0.15) is 15.9 Å². The summed E-state index contributed by atoms with van der Waals surface area (Å²) in [5, 5.41) is 0. The first-order valence-corrected chi connectivity index (χ1v) is 3.61. The molecule has 0 aliphatic carbocycles. The van der Waals surface area contributed by atoms with Crippen LogP contribution in [-0.2, 0) is 0 Å². The van der Waals surface area contributed by atoms with Crippen molar-refractivity contribution in [1.29, 1.82) is 0 Å². The fourth-order valence-electron chi connectivity index (χ4n) is 0.652. The third-order valence-corrected chi connectivity index (χ3v) is 2.11. The van der Waals surface area contributed by atoms with Crippen molar-refractivity contribution in [1.82, 2.24) is 4.98 Å². The Morgan fingerprint density at radius 2 is 2.40 bits per heavy atom. The van der Waals surface area contributed by atoms with Gasteiger partial charge in [0.1, 0.15) is 10.9 Å². The van der Waals surface area contributed by atoms with Gasteiger partial charge in [0.05, 0.1) is 0 Å². The van der Waals surface area contributed by atoms with Gasteiger partial charge in [0.2, 0.25) is 0 Å². The molecule has 0 spiro atoms. The van der Waals surface area contributed by atoms with E-state index in [-0.39, 0.29) is 0 Å². The first kappa shape index (κ1) is 7.41. The standard InChI is InChI=1S/C7H6BrNO/c1-5-6(4-10)2-3-9-7(5)8/h2-4H,1H3. The Morgan fingerprint density at radius 3 is 2.90 bits per heavy atom. The molecule has 10 heavy (non-hydrogen) atoms. The molecule has 0 bridgehead atoms. The Hall–Kier alpha value is -0.700. The lowest BCUT2D eigenvalue weighted by Gasteiger charge is -1.97. The number of aromatic nitrogens is 1. The topological polar surface area (TPSA) is 30.0 Å². The molecule has 0 saturated heterocycles. The predicted molar refractivity (Wildman–Crippen MR) is 42.1 cm³/mol. The SMILES string of the molecule is Cc1c(C=O)ccnc1Br. The van der Waals surface area contributed by atoms with Gasteiger partial charge in [0, 0.05) is 11.8 Å². The summed E-state index contributed by atoms with van der Waals surface area (Å²) in [4.78, 5) is 14.3. The van der Waals surface area contributed by atoms with Crippen molar-refractivity contribution in [2.45, 2.75) is 6.92 Å². The fourth-order valence-corrected chi connectivity index (χ4v) is 0.999. The maximum atomic E-state index is 10.3. The van der Waals surface area contributed by atoms with Crippen LogP contribution in [0.5, 0.6) is 0 Å². The highest BCUT2D eigenvalue weighted by atomic mass is 79.9. The van der Waals surface area contributed by atoms with E-state index in [9.17, 15) is 4.79 Å². The van der Waals surface area contributed by atoms with Crippen molar-refractivity contribution in [3.8, 4) is 0 Å². The summed E-state index contributed by atoms with van der Waals surface area (Å²) in [6, 6.07) is 1.69. The molecule has 0 amide bonds. The minimum absolute atomic E-state index is 0.682. The van der Waals surface area contributed by atoms with Crippen LogP contribution in [0.4, 0.5) is 0 Å². The summed E-state index contributed by atoms with van der Waals surface area (Å²) in [6.07, 6.45) is 2.42. The second-order valence-corrected chi connectivity index (χ2v) is 2.68. The van der Waals surface area contributed by atoms with E-state index in [4.69, 9.17) is 0 Å². The van der Waals surface area contributed by atoms with Crippen LogP contribution in [0.3, 0.4) is 0 Å². The van der Waals surface area contributed by atoms with Gasteiger partial charge >= 0.3 is 0 Å². The first-order valence-electron chi connectivity index (χ1n) is 2.82. The number of hydrogen-bond acceptors (Lipinski definition) is 2. The van der Waals surface area contributed by atoms with Crippen molar-refractivity contribution in [2.24, 2.45) is 0 Å². The van der Waals surface area contributed by atoms with E-state index in [1.165, 1.54) is 0 Å². The molecule has 0 fully saturated rings. The third-order valence-electron chi connectivity index (χ3n) is 1.31. The normalized spacial score (nSPS) is 9.40. The summed E-state index contributed by atoms with van der Waals surface area (Å²) in [5.41, 5.74) is 1.57. The largest absolute Gasteiger partial charge is 0.298 e. The predicted octanol–water partition coefficient (Wildman–Crippen LogP) is 1.97. The highest BCUT2D eigenvalue weighted by Crippen LogP contribution is 2.14. The van der Waals surface area contributed by atoms with Crippen molar-refractivity contribution >= 4 is 22.2 Å². The van der Waals surface area contributed by atoms with Crippen LogP contribution in [0.25, 0.3) is 0 Å². The van der Waals surface area contributed by atoms with Gasteiger partial charge in [0.15, 0.2) is 0 Å². The van der Waals surface area contributed by atoms with Gasteiger partial charge in [-0.05, 0) is 34.5 Å². The van der Waals surface area contributed by atoms with Gasteiger partial charge in [-0.3, -0.25) is 4.79 Å². The highest BCUT2D eigenvalue weighted by molar-refractivity contribution is 9.10. The van der Waals surface area contributed by atoms with Gasteiger partial charge in [-0.1, -0.05) is 0 Å². The number of rotatable bonds is 1. The third kappa shape index (κ3) is 1.24. The van der Waals surface area contributed by atoms with Crippen LogP contribution < -0.4 is 0 Å². The highest BCUT2D eigenvalue weighted by Gasteiger charge is 1.99. The molecule has 1 rings (SSSR count). The molecule has 0 radical (unpaired) electrons. The molecular weight excluding hydrogens is 194 g/mol. The average molecular weight is 200 g/mol. The van der Waals surface area contributed by atoms with E-state index in [1.807, 2.05) is 6.92 Å². The molecule has 0 N–H and O–H groups in total. The minimum atomic E-state index is 0.682. The second-order valence-electron chi connectivity index (χ2n) is 1.93. The van der Waals surface area contributed by atoms with Crippen LogP contribution in [0, 0.1) is 6.92 Å². The number of hydrogen-bond donors (Lipinski definition) is 0. The molecule has 0 aromatic carbocycles. The zero-order chi connectivity index (χ0) is 7.56. The Labute approximate surface area is 67.4 Å². The molecule has 1 aromatic heterocycles. The van der Waals surface area contributed by atoms with E-state index < -0.39 is 0 Å². The number of carbonyl (C=O) groups excluding carboxylic acids is 1. The molecule has 1 aromatic rings. The van der Waals surface area contributed by atoms with E-state index in [2.05, 4.69) is 20.9 Å². The fraction of sp³-hybridized carbons (Fsp3) is 0.143. The van der Waals surface area contributed by atoms with Crippen LogP contribution in [-0.4, -0.2) is 11.3 Å². The second kappa shape index (κ2) is 2.92.